The third-order valence-electron chi connectivity index (χ3n) is 5.18. The van der Waals surface area contributed by atoms with E-state index in [0.717, 1.165) is 27.4 Å². The number of benzene rings is 2. The molecule has 0 unspecified atom stereocenters. The van der Waals surface area contributed by atoms with E-state index in [1.807, 2.05) is 48.5 Å². The number of H-pyrrole nitrogens is 2. The molecule has 0 saturated heterocycles. The van der Waals surface area contributed by atoms with Crippen LogP contribution < -0.4 is 0 Å². The molecular weight excluding hydrogens is 358 g/mol. The molecule has 7 heteroatoms. The van der Waals surface area contributed by atoms with Crippen LogP contribution in [0, 0.1) is 10.1 Å². The molecule has 0 bridgehead atoms. The Kier molecular flexibility index (Phi) is 4.57. The van der Waals surface area contributed by atoms with Crippen LogP contribution in [0.5, 0.6) is 0 Å². The number of hydrogen-bond donors (Lipinski definition) is 2. The number of rotatable bonds is 6. The van der Waals surface area contributed by atoms with E-state index in [-0.39, 0.29) is 11.5 Å². The fourth-order valence-corrected chi connectivity index (χ4v) is 3.93. The van der Waals surface area contributed by atoms with Gasteiger partial charge in [0.25, 0.3) is 0 Å². The number of aromatic amines is 2. The van der Waals surface area contributed by atoms with Crippen LogP contribution in [0.3, 0.4) is 0 Å². The van der Waals surface area contributed by atoms with E-state index in [4.69, 9.17) is 4.74 Å². The highest BCUT2D eigenvalue weighted by molar-refractivity contribution is 5.92. The van der Waals surface area contributed by atoms with Crippen molar-refractivity contribution in [3.8, 4) is 0 Å². The summed E-state index contributed by atoms with van der Waals surface area (Å²) in [5.74, 6) is -1.99. The monoisotopic (exact) mass is 377 g/mol. The number of nitrogens with one attached hydrogen (secondary N) is 2. The van der Waals surface area contributed by atoms with E-state index in [2.05, 4.69) is 9.97 Å². The highest BCUT2D eigenvalue weighted by Crippen LogP contribution is 2.40. The van der Waals surface area contributed by atoms with Gasteiger partial charge in [0, 0.05) is 39.1 Å². The fraction of sp³-hybridized carbons (Fsp3) is 0.190. The lowest BCUT2D eigenvalue weighted by atomic mass is 9.81. The van der Waals surface area contributed by atoms with E-state index in [1.165, 1.54) is 7.11 Å². The van der Waals surface area contributed by atoms with Crippen molar-refractivity contribution in [2.75, 3.05) is 13.7 Å². The molecule has 2 aromatic heterocycles. The maximum absolute atomic E-state index is 12.8. The van der Waals surface area contributed by atoms with Crippen molar-refractivity contribution in [1.29, 1.82) is 0 Å². The lowest BCUT2D eigenvalue weighted by molar-refractivity contribution is -0.483. The van der Waals surface area contributed by atoms with Crippen molar-refractivity contribution in [2.24, 2.45) is 0 Å². The van der Waals surface area contributed by atoms with Crippen LogP contribution in [0.2, 0.25) is 0 Å². The SMILES string of the molecule is COC(=O)[C@H](c1c[nH]c2ccccc12)[C@H](C[N+](=O)[O-])c1c[nH]c2ccccc12. The maximum atomic E-state index is 12.8. The summed E-state index contributed by atoms with van der Waals surface area (Å²) >= 11 is 0. The first-order valence-electron chi connectivity index (χ1n) is 8.91. The van der Waals surface area contributed by atoms with Crippen LogP contribution >= 0.6 is 0 Å². The average molecular weight is 377 g/mol. The molecule has 4 rings (SSSR count). The van der Waals surface area contributed by atoms with Gasteiger partial charge in [-0.3, -0.25) is 14.9 Å². The molecule has 2 atom stereocenters. The standard InChI is InChI=1S/C21H19N3O4/c1-28-21(25)20(16-11-23-19-9-5-3-7-14(16)19)17(12-24(26)27)15-10-22-18-8-4-2-6-13(15)18/h2-11,17,20,22-23H,12H2,1H3/t17-,20-/m1/s1. The van der Waals surface area contributed by atoms with Gasteiger partial charge in [-0.05, 0) is 23.3 Å². The number of para-hydroxylation sites is 2. The molecule has 2 aromatic carbocycles. The molecule has 0 saturated carbocycles. The summed E-state index contributed by atoms with van der Waals surface area (Å²) in [5.41, 5.74) is 3.16. The van der Waals surface area contributed by atoms with E-state index < -0.39 is 17.8 Å². The molecule has 0 spiro atoms. The number of aromatic nitrogens is 2. The van der Waals surface area contributed by atoms with Crippen molar-refractivity contribution in [1.82, 2.24) is 9.97 Å². The number of hydrogen-bond acceptors (Lipinski definition) is 4. The predicted molar refractivity (Wildman–Crippen MR) is 106 cm³/mol. The second-order valence-corrected chi connectivity index (χ2v) is 6.70. The van der Waals surface area contributed by atoms with Gasteiger partial charge < -0.3 is 14.7 Å². The molecule has 142 valence electrons. The smallest absolute Gasteiger partial charge is 0.314 e. The summed E-state index contributed by atoms with van der Waals surface area (Å²) in [6.07, 6.45) is 3.50. The van der Waals surface area contributed by atoms with E-state index in [0.29, 0.717) is 5.56 Å². The third-order valence-corrected chi connectivity index (χ3v) is 5.18. The number of nitrogens with zero attached hydrogens (tertiary/aromatic N) is 1. The van der Waals surface area contributed by atoms with Crippen molar-refractivity contribution >= 4 is 27.8 Å². The Balaban J connectivity index is 1.92. The van der Waals surface area contributed by atoms with Crippen LogP contribution in [-0.4, -0.2) is 34.5 Å². The highest BCUT2D eigenvalue weighted by Gasteiger charge is 2.38. The summed E-state index contributed by atoms with van der Waals surface area (Å²) in [6.45, 7) is -0.388. The Morgan fingerprint density at radius 2 is 1.54 bits per heavy atom. The zero-order valence-electron chi connectivity index (χ0n) is 15.2. The van der Waals surface area contributed by atoms with Crippen molar-refractivity contribution in [2.45, 2.75) is 11.8 Å². The minimum Gasteiger partial charge on any atom is -0.469 e. The molecule has 4 aromatic rings. The maximum Gasteiger partial charge on any atom is 0.314 e. The molecule has 0 radical (unpaired) electrons. The van der Waals surface area contributed by atoms with Gasteiger partial charge in [-0.1, -0.05) is 36.4 Å². The number of carbonyl (C=O) groups excluding carboxylic acids is 1. The first kappa shape index (κ1) is 17.8. The summed E-state index contributed by atoms with van der Waals surface area (Å²) in [5, 5.41) is 13.2. The normalized spacial score (nSPS) is 13.5. The molecule has 0 aliphatic heterocycles. The van der Waals surface area contributed by atoms with Gasteiger partial charge in [0.15, 0.2) is 0 Å². The number of carbonyl (C=O) groups is 1. The Hall–Kier alpha value is -3.61. The zero-order chi connectivity index (χ0) is 19.7. The zero-order valence-corrected chi connectivity index (χ0v) is 15.2. The number of fused-ring (bicyclic) bond motifs is 2. The van der Waals surface area contributed by atoms with Gasteiger partial charge in [-0.15, -0.1) is 0 Å². The first-order chi connectivity index (χ1) is 13.6. The van der Waals surface area contributed by atoms with Crippen LogP contribution in [-0.2, 0) is 9.53 Å². The topological polar surface area (TPSA) is 101 Å². The van der Waals surface area contributed by atoms with Crippen LogP contribution in [0.4, 0.5) is 0 Å². The fourth-order valence-electron chi connectivity index (χ4n) is 3.93. The van der Waals surface area contributed by atoms with Gasteiger partial charge in [0.1, 0.15) is 0 Å². The largest absolute Gasteiger partial charge is 0.469 e. The van der Waals surface area contributed by atoms with Gasteiger partial charge in [-0.2, -0.15) is 0 Å². The molecule has 0 amide bonds. The molecule has 0 aliphatic rings. The molecular formula is C21H19N3O4. The first-order valence-corrected chi connectivity index (χ1v) is 8.91. The number of esters is 1. The molecule has 2 heterocycles. The quantitative estimate of drug-likeness (QED) is 0.302. The third kappa shape index (κ3) is 3.00. The minimum atomic E-state index is -0.814. The molecule has 7 nitrogen and oxygen atoms in total. The average Bonchev–Trinajstić information content (AvgIpc) is 3.31. The molecule has 0 fully saturated rings. The Morgan fingerprint density at radius 3 is 2.11 bits per heavy atom. The van der Waals surface area contributed by atoms with E-state index >= 15 is 0 Å². The molecule has 28 heavy (non-hydrogen) atoms. The second-order valence-electron chi connectivity index (χ2n) is 6.70. The van der Waals surface area contributed by atoms with Crippen molar-refractivity contribution < 1.29 is 14.5 Å². The van der Waals surface area contributed by atoms with Crippen LogP contribution in [0.1, 0.15) is 23.0 Å². The number of ether oxygens (including phenoxy) is 1. The van der Waals surface area contributed by atoms with Gasteiger partial charge in [-0.25, -0.2) is 0 Å². The predicted octanol–water partition coefficient (Wildman–Crippen LogP) is 3.97. The summed E-state index contributed by atoms with van der Waals surface area (Å²) in [6, 6.07) is 15.1. The van der Waals surface area contributed by atoms with Crippen molar-refractivity contribution in [3.63, 3.8) is 0 Å². The Labute approximate surface area is 160 Å². The Bertz CT molecular complexity index is 1160. The van der Waals surface area contributed by atoms with E-state index in [1.54, 1.807) is 12.4 Å². The summed E-state index contributed by atoms with van der Waals surface area (Å²) in [4.78, 5) is 30.3. The molecule has 2 N–H and O–H groups in total. The highest BCUT2D eigenvalue weighted by atomic mass is 16.6. The van der Waals surface area contributed by atoms with Crippen LogP contribution in [0.15, 0.2) is 60.9 Å². The lowest BCUT2D eigenvalue weighted by Crippen LogP contribution is -2.27. The number of nitro groups is 1. The lowest BCUT2D eigenvalue weighted by Gasteiger charge is -2.22. The minimum absolute atomic E-state index is 0.378. The molecule has 0 aliphatic carbocycles. The van der Waals surface area contributed by atoms with E-state index in [9.17, 15) is 14.9 Å². The van der Waals surface area contributed by atoms with Gasteiger partial charge in [0.2, 0.25) is 6.54 Å². The van der Waals surface area contributed by atoms with Gasteiger partial charge in [0.05, 0.1) is 18.9 Å². The number of methoxy groups -OCH3 is 1. The second kappa shape index (κ2) is 7.19. The van der Waals surface area contributed by atoms with Crippen LogP contribution in [0.25, 0.3) is 21.8 Å². The summed E-state index contributed by atoms with van der Waals surface area (Å²) < 4.78 is 5.07. The van der Waals surface area contributed by atoms with Gasteiger partial charge >= 0.3 is 5.97 Å². The Morgan fingerprint density at radius 1 is 1.00 bits per heavy atom. The summed E-state index contributed by atoms with van der Waals surface area (Å²) in [7, 11) is 1.31. The van der Waals surface area contributed by atoms with Crippen molar-refractivity contribution in [3.05, 3.63) is 82.2 Å².